The highest BCUT2D eigenvalue weighted by atomic mass is 35.5. The first-order chi connectivity index (χ1) is 8.04. The minimum Gasteiger partial charge on any atom is -0.480 e. The van der Waals surface area contributed by atoms with E-state index in [0.29, 0.717) is 0 Å². The monoisotopic (exact) mass is 258 g/mol. The summed E-state index contributed by atoms with van der Waals surface area (Å²) >= 11 is 5.62. The SMILES string of the molecule is COCC(NC(=O)c1cccc(Cl)n1)C(=O)O. The number of carboxylic acids is 1. The van der Waals surface area contributed by atoms with Crippen LogP contribution in [-0.2, 0) is 9.53 Å². The Hall–Kier alpha value is -1.66. The van der Waals surface area contributed by atoms with Crippen LogP contribution in [0.1, 0.15) is 10.5 Å². The van der Waals surface area contributed by atoms with Crippen molar-refractivity contribution >= 4 is 23.5 Å². The van der Waals surface area contributed by atoms with E-state index in [0.717, 1.165) is 0 Å². The molecule has 0 aliphatic rings. The first-order valence-electron chi connectivity index (χ1n) is 4.69. The number of pyridine rings is 1. The number of nitrogens with one attached hydrogen (secondary N) is 1. The van der Waals surface area contributed by atoms with Crippen molar-refractivity contribution in [1.82, 2.24) is 10.3 Å². The van der Waals surface area contributed by atoms with Crippen LogP contribution in [0.3, 0.4) is 0 Å². The summed E-state index contributed by atoms with van der Waals surface area (Å²) in [6.45, 7) is -0.123. The Morgan fingerprint density at radius 1 is 1.59 bits per heavy atom. The molecule has 1 heterocycles. The van der Waals surface area contributed by atoms with E-state index in [1.807, 2.05) is 0 Å². The molecule has 1 aromatic heterocycles. The average Bonchev–Trinajstić information content (AvgIpc) is 2.28. The number of halogens is 1. The highest BCUT2D eigenvalue weighted by Crippen LogP contribution is 2.05. The molecule has 2 N–H and O–H groups in total. The van der Waals surface area contributed by atoms with Crippen LogP contribution in [0.25, 0.3) is 0 Å². The zero-order valence-corrected chi connectivity index (χ0v) is 9.77. The molecule has 0 bridgehead atoms. The topological polar surface area (TPSA) is 88.5 Å². The molecule has 0 spiro atoms. The molecular weight excluding hydrogens is 248 g/mol. The van der Waals surface area contributed by atoms with Crippen molar-refractivity contribution < 1.29 is 19.4 Å². The van der Waals surface area contributed by atoms with Crippen molar-refractivity contribution in [1.29, 1.82) is 0 Å². The van der Waals surface area contributed by atoms with E-state index in [1.54, 1.807) is 6.07 Å². The zero-order chi connectivity index (χ0) is 12.8. The number of rotatable bonds is 5. The van der Waals surface area contributed by atoms with Gasteiger partial charge in [-0.25, -0.2) is 9.78 Å². The third-order valence-electron chi connectivity index (χ3n) is 1.88. The lowest BCUT2D eigenvalue weighted by Crippen LogP contribution is -2.44. The maximum Gasteiger partial charge on any atom is 0.328 e. The van der Waals surface area contributed by atoms with Gasteiger partial charge in [0.2, 0.25) is 0 Å². The quantitative estimate of drug-likeness (QED) is 0.754. The van der Waals surface area contributed by atoms with E-state index >= 15 is 0 Å². The normalized spacial score (nSPS) is 11.9. The van der Waals surface area contributed by atoms with Gasteiger partial charge in [0.25, 0.3) is 5.91 Å². The number of hydrogen-bond acceptors (Lipinski definition) is 4. The van der Waals surface area contributed by atoms with Gasteiger partial charge in [-0.1, -0.05) is 17.7 Å². The van der Waals surface area contributed by atoms with Gasteiger partial charge in [-0.2, -0.15) is 0 Å². The van der Waals surface area contributed by atoms with Gasteiger partial charge in [0.15, 0.2) is 6.04 Å². The molecule has 0 aliphatic heterocycles. The molecule has 1 amide bonds. The van der Waals surface area contributed by atoms with E-state index in [1.165, 1.54) is 19.2 Å². The van der Waals surface area contributed by atoms with Crippen molar-refractivity contribution in [3.63, 3.8) is 0 Å². The average molecular weight is 259 g/mol. The first kappa shape index (κ1) is 13.4. The molecule has 0 saturated heterocycles. The fourth-order valence-electron chi connectivity index (χ4n) is 1.11. The van der Waals surface area contributed by atoms with Crippen molar-refractivity contribution in [2.45, 2.75) is 6.04 Å². The summed E-state index contributed by atoms with van der Waals surface area (Å²) < 4.78 is 4.68. The number of hydrogen-bond donors (Lipinski definition) is 2. The van der Waals surface area contributed by atoms with E-state index < -0.39 is 17.9 Å². The second-order valence-corrected chi connectivity index (χ2v) is 3.55. The summed E-state index contributed by atoms with van der Waals surface area (Å²) in [5.41, 5.74) is 0.0554. The van der Waals surface area contributed by atoms with Gasteiger partial charge in [0, 0.05) is 7.11 Å². The van der Waals surface area contributed by atoms with Crippen LogP contribution < -0.4 is 5.32 Å². The predicted octanol–water partition coefficient (Wildman–Crippen LogP) is 0.564. The highest BCUT2D eigenvalue weighted by Gasteiger charge is 2.21. The molecule has 1 atom stereocenters. The first-order valence-corrected chi connectivity index (χ1v) is 5.07. The number of ether oxygens (including phenoxy) is 1. The Kier molecular flexibility index (Phi) is 4.86. The second-order valence-electron chi connectivity index (χ2n) is 3.17. The summed E-state index contributed by atoms with van der Waals surface area (Å²) in [6.07, 6.45) is 0. The number of carbonyl (C=O) groups is 2. The second kappa shape index (κ2) is 6.17. The summed E-state index contributed by atoms with van der Waals surface area (Å²) in [4.78, 5) is 26.2. The van der Waals surface area contributed by atoms with Crippen molar-refractivity contribution in [3.05, 3.63) is 29.0 Å². The lowest BCUT2D eigenvalue weighted by molar-refractivity contribution is -0.140. The van der Waals surface area contributed by atoms with Gasteiger partial charge >= 0.3 is 5.97 Å². The molecule has 0 aromatic carbocycles. The fourth-order valence-corrected chi connectivity index (χ4v) is 1.27. The number of carboxylic acid groups (broad SMARTS) is 1. The zero-order valence-electron chi connectivity index (χ0n) is 9.01. The van der Waals surface area contributed by atoms with Crippen LogP contribution in [0.5, 0.6) is 0 Å². The molecule has 0 radical (unpaired) electrons. The smallest absolute Gasteiger partial charge is 0.328 e. The minimum atomic E-state index is -1.18. The lowest BCUT2D eigenvalue weighted by Gasteiger charge is -2.12. The van der Waals surface area contributed by atoms with Gasteiger partial charge in [0.1, 0.15) is 10.8 Å². The summed E-state index contributed by atoms with van der Waals surface area (Å²) in [5, 5.41) is 11.3. The molecule has 7 heteroatoms. The number of amides is 1. The maximum atomic E-state index is 11.6. The van der Waals surface area contributed by atoms with Crippen LogP contribution in [0, 0.1) is 0 Å². The number of nitrogens with zero attached hydrogens (tertiary/aromatic N) is 1. The molecule has 17 heavy (non-hydrogen) atoms. The van der Waals surface area contributed by atoms with Crippen LogP contribution in [-0.4, -0.2) is 41.7 Å². The highest BCUT2D eigenvalue weighted by molar-refractivity contribution is 6.29. The van der Waals surface area contributed by atoms with Gasteiger partial charge < -0.3 is 15.2 Å². The third-order valence-corrected chi connectivity index (χ3v) is 2.10. The lowest BCUT2D eigenvalue weighted by atomic mass is 10.3. The molecule has 1 unspecified atom stereocenters. The fraction of sp³-hybridized carbons (Fsp3) is 0.300. The van der Waals surface area contributed by atoms with Crippen LogP contribution in [0.15, 0.2) is 18.2 Å². The van der Waals surface area contributed by atoms with E-state index in [-0.39, 0.29) is 17.5 Å². The van der Waals surface area contributed by atoms with E-state index in [4.69, 9.17) is 16.7 Å². The van der Waals surface area contributed by atoms with Crippen molar-refractivity contribution in [2.75, 3.05) is 13.7 Å². The maximum absolute atomic E-state index is 11.6. The van der Waals surface area contributed by atoms with Crippen LogP contribution in [0.4, 0.5) is 0 Å². The van der Waals surface area contributed by atoms with Crippen molar-refractivity contribution in [2.24, 2.45) is 0 Å². The van der Waals surface area contributed by atoms with E-state index in [9.17, 15) is 9.59 Å². The predicted molar refractivity (Wildman–Crippen MR) is 60.0 cm³/mol. The summed E-state index contributed by atoms with van der Waals surface area (Å²) in [6, 6.07) is 3.39. The Bertz CT molecular complexity index is 425. The largest absolute Gasteiger partial charge is 0.480 e. The van der Waals surface area contributed by atoms with Gasteiger partial charge in [0.05, 0.1) is 6.61 Å². The summed E-state index contributed by atoms with van der Waals surface area (Å²) in [7, 11) is 1.35. The Labute approximate surface area is 103 Å². The van der Waals surface area contributed by atoms with Gasteiger partial charge in [-0.15, -0.1) is 0 Å². The molecule has 0 saturated carbocycles. The minimum absolute atomic E-state index is 0.0554. The molecule has 0 aliphatic carbocycles. The number of aliphatic carboxylic acids is 1. The van der Waals surface area contributed by atoms with Gasteiger partial charge in [-0.3, -0.25) is 4.79 Å². The Morgan fingerprint density at radius 3 is 2.82 bits per heavy atom. The molecule has 1 aromatic rings. The molecule has 92 valence electrons. The number of methoxy groups -OCH3 is 1. The van der Waals surface area contributed by atoms with E-state index in [2.05, 4.69) is 15.0 Å². The molecule has 0 fully saturated rings. The van der Waals surface area contributed by atoms with Crippen LogP contribution in [0.2, 0.25) is 5.15 Å². The Morgan fingerprint density at radius 2 is 2.29 bits per heavy atom. The number of aromatic nitrogens is 1. The van der Waals surface area contributed by atoms with Gasteiger partial charge in [-0.05, 0) is 12.1 Å². The van der Waals surface area contributed by atoms with Crippen molar-refractivity contribution in [3.8, 4) is 0 Å². The molecule has 6 nitrogen and oxygen atoms in total. The summed E-state index contributed by atoms with van der Waals surface area (Å²) in [5.74, 6) is -1.79. The third kappa shape index (κ3) is 4.01. The van der Waals surface area contributed by atoms with Crippen LogP contribution >= 0.6 is 11.6 Å². The number of carbonyl (C=O) groups excluding carboxylic acids is 1. The Balaban J connectivity index is 2.73. The molecular formula is C10H11ClN2O4. The molecule has 1 rings (SSSR count). The standard InChI is InChI=1S/C10H11ClN2O4/c1-17-5-7(10(15)16)13-9(14)6-3-2-4-8(11)12-6/h2-4,7H,5H2,1H3,(H,13,14)(H,15,16).